The lowest BCUT2D eigenvalue weighted by Crippen LogP contribution is -2.22. The first-order valence-corrected chi connectivity index (χ1v) is 15.6. The Balaban J connectivity index is 1.81. The second-order valence-electron chi connectivity index (χ2n) is 11.4. The molecule has 196 valence electrons. The highest BCUT2D eigenvalue weighted by atomic mass is 28.3. The van der Waals surface area contributed by atoms with E-state index in [4.69, 9.17) is 9.47 Å². The number of pyridine rings is 1. The van der Waals surface area contributed by atoms with Gasteiger partial charge in [0.25, 0.3) is 5.82 Å². The van der Waals surface area contributed by atoms with Gasteiger partial charge in [-0.1, -0.05) is 64.7 Å². The molecule has 10 heteroatoms. The highest BCUT2D eigenvalue weighted by Gasteiger charge is 2.37. The Hall–Kier alpha value is -2.72. The molecule has 6 nitrogen and oxygen atoms in total. The van der Waals surface area contributed by atoms with Gasteiger partial charge in [0.05, 0.1) is 6.61 Å². The molecule has 3 aromatic rings. The van der Waals surface area contributed by atoms with Crippen LogP contribution in [0.25, 0.3) is 22.5 Å². The summed E-state index contributed by atoms with van der Waals surface area (Å²) in [7, 11) is -1.32. The number of halogens is 3. The van der Waals surface area contributed by atoms with Gasteiger partial charge >= 0.3 is 6.18 Å². The van der Waals surface area contributed by atoms with Crippen LogP contribution in [0.3, 0.4) is 0 Å². The first kappa shape index (κ1) is 27.9. The number of hydrogen-bond acceptors (Lipinski definition) is 5. The summed E-state index contributed by atoms with van der Waals surface area (Å²) in [6.07, 6.45) is -2.89. The molecule has 0 saturated heterocycles. The van der Waals surface area contributed by atoms with Gasteiger partial charge in [-0.25, -0.2) is 14.6 Å². The fourth-order valence-corrected chi connectivity index (χ4v) is 4.05. The molecule has 0 saturated carbocycles. The number of hydrogen-bond donors (Lipinski definition) is 0. The second kappa shape index (κ2) is 10.7. The summed E-state index contributed by atoms with van der Waals surface area (Å²) >= 11 is 0. The molecule has 1 aromatic carbocycles. The van der Waals surface area contributed by atoms with Gasteiger partial charge in [-0.3, -0.25) is 0 Å². The van der Waals surface area contributed by atoms with Crippen LogP contribution in [0.15, 0.2) is 36.5 Å². The molecule has 0 radical (unpaired) electrons. The summed E-state index contributed by atoms with van der Waals surface area (Å²) in [5, 5.41) is 3.67. The van der Waals surface area contributed by atoms with Crippen molar-refractivity contribution in [1.29, 1.82) is 0 Å². The van der Waals surface area contributed by atoms with Gasteiger partial charge in [-0.2, -0.15) is 13.2 Å². The van der Waals surface area contributed by atoms with Crippen LogP contribution in [0.1, 0.15) is 32.2 Å². The molecule has 3 rings (SSSR count). The van der Waals surface area contributed by atoms with E-state index < -0.39 is 20.1 Å². The van der Waals surface area contributed by atoms with E-state index in [1.807, 2.05) is 25.1 Å². The van der Waals surface area contributed by atoms with Crippen molar-refractivity contribution in [2.24, 2.45) is 5.41 Å². The summed E-state index contributed by atoms with van der Waals surface area (Å²) in [5.74, 6) is -0.506. The lowest BCUT2D eigenvalue weighted by molar-refractivity contribution is -0.145. The van der Waals surface area contributed by atoms with E-state index in [1.165, 1.54) is 4.68 Å². The number of alkyl halides is 3. The topological polar surface area (TPSA) is 62.1 Å². The van der Waals surface area contributed by atoms with E-state index in [0.29, 0.717) is 24.7 Å². The van der Waals surface area contributed by atoms with Crippen molar-refractivity contribution in [1.82, 2.24) is 19.7 Å². The third-order valence-corrected chi connectivity index (χ3v) is 7.03. The third kappa shape index (κ3) is 7.89. The number of aryl methyl sites for hydroxylation is 1. The lowest BCUT2D eigenvalue weighted by atomic mass is 9.99. The Bertz CT molecular complexity index is 1160. The summed E-state index contributed by atoms with van der Waals surface area (Å²) in [6.45, 7) is 15.8. The van der Waals surface area contributed by atoms with Gasteiger partial charge in [0.2, 0.25) is 5.88 Å². The SMILES string of the molecule is Cc1cc(OCC(C)(C)C)ncc1-c1ccc(-c2nc(C(F)(F)F)nn2COCC[Si](C)(C)C)cc1. The fourth-order valence-electron chi connectivity index (χ4n) is 3.30. The first-order valence-electron chi connectivity index (χ1n) is 11.9. The molecule has 2 heterocycles. The maximum atomic E-state index is 13.3. The monoisotopic (exact) mass is 520 g/mol. The second-order valence-corrected chi connectivity index (χ2v) is 17.0. The molecule has 0 bridgehead atoms. The van der Waals surface area contributed by atoms with Gasteiger partial charge in [0.15, 0.2) is 5.82 Å². The van der Waals surface area contributed by atoms with Crippen LogP contribution in [0.2, 0.25) is 25.7 Å². The lowest BCUT2D eigenvalue weighted by Gasteiger charge is -2.18. The van der Waals surface area contributed by atoms with Crippen LogP contribution in [0.4, 0.5) is 13.2 Å². The van der Waals surface area contributed by atoms with Gasteiger partial charge in [0.1, 0.15) is 6.73 Å². The Kier molecular flexibility index (Phi) is 8.29. The molecule has 36 heavy (non-hydrogen) atoms. The largest absolute Gasteiger partial charge is 0.477 e. The number of nitrogens with zero attached hydrogens (tertiary/aromatic N) is 4. The smallest absolute Gasteiger partial charge is 0.453 e. The molecule has 0 N–H and O–H groups in total. The minimum absolute atomic E-state index is 0.0238. The van der Waals surface area contributed by atoms with Crippen molar-refractivity contribution < 1.29 is 22.6 Å². The van der Waals surface area contributed by atoms with Gasteiger partial charge in [-0.15, -0.1) is 5.10 Å². The van der Waals surface area contributed by atoms with E-state index in [1.54, 1.807) is 18.3 Å². The zero-order valence-electron chi connectivity index (χ0n) is 22.0. The predicted molar refractivity (Wildman–Crippen MR) is 137 cm³/mol. The number of rotatable bonds is 9. The van der Waals surface area contributed by atoms with Gasteiger partial charge in [0, 0.05) is 38.1 Å². The molecule has 0 amide bonds. The minimum atomic E-state index is -4.64. The molecule has 0 aliphatic rings. The van der Waals surface area contributed by atoms with Crippen molar-refractivity contribution in [2.45, 2.75) is 66.3 Å². The van der Waals surface area contributed by atoms with E-state index >= 15 is 0 Å². The molecule has 0 aliphatic heterocycles. The highest BCUT2D eigenvalue weighted by molar-refractivity contribution is 6.76. The van der Waals surface area contributed by atoms with Crippen molar-refractivity contribution in [3.05, 3.63) is 47.9 Å². The number of benzene rings is 1. The third-order valence-electron chi connectivity index (χ3n) is 5.33. The summed E-state index contributed by atoms with van der Waals surface area (Å²) in [4.78, 5) is 8.19. The summed E-state index contributed by atoms with van der Waals surface area (Å²) in [5.41, 5.74) is 3.33. The van der Waals surface area contributed by atoms with Crippen LogP contribution in [0.5, 0.6) is 5.88 Å². The van der Waals surface area contributed by atoms with E-state index in [9.17, 15) is 13.2 Å². The Labute approximate surface area is 211 Å². The van der Waals surface area contributed by atoms with E-state index in [-0.39, 0.29) is 18.0 Å². The Morgan fingerprint density at radius 2 is 1.64 bits per heavy atom. The summed E-state index contributed by atoms with van der Waals surface area (Å²) < 4.78 is 52.6. The molecule has 0 unspecified atom stereocenters. The maximum Gasteiger partial charge on any atom is 0.453 e. The molecule has 0 fully saturated rings. The van der Waals surface area contributed by atoms with Crippen LogP contribution < -0.4 is 4.74 Å². The minimum Gasteiger partial charge on any atom is -0.477 e. The van der Waals surface area contributed by atoms with Gasteiger partial charge < -0.3 is 9.47 Å². The standard InChI is InChI=1S/C26H35F3N4O2Si/c1-18-14-22(35-16-25(2,3)4)30-15-21(18)19-8-10-20(11-9-19)23-31-24(26(27,28)29)32-33(23)17-34-12-13-36(5,6)7/h8-11,14-15H,12-13,16-17H2,1-7H3. The average Bonchev–Trinajstić information content (AvgIpc) is 3.19. The Morgan fingerprint density at radius 3 is 2.19 bits per heavy atom. The fraction of sp³-hybridized carbons (Fsp3) is 0.500. The van der Waals surface area contributed by atoms with Crippen molar-refractivity contribution in [3.8, 4) is 28.4 Å². The zero-order chi connectivity index (χ0) is 26.7. The first-order chi connectivity index (χ1) is 16.6. The van der Waals surface area contributed by atoms with Crippen LogP contribution in [-0.4, -0.2) is 41.0 Å². The average molecular weight is 521 g/mol. The Morgan fingerprint density at radius 1 is 1.00 bits per heavy atom. The molecule has 0 spiro atoms. The summed E-state index contributed by atoms with van der Waals surface area (Å²) in [6, 6.07) is 9.95. The maximum absolute atomic E-state index is 13.3. The molecule has 2 aromatic heterocycles. The van der Waals surface area contributed by atoms with Crippen LogP contribution in [-0.2, 0) is 17.6 Å². The number of ether oxygens (including phenoxy) is 2. The van der Waals surface area contributed by atoms with Crippen molar-refractivity contribution in [3.63, 3.8) is 0 Å². The molecule has 0 atom stereocenters. The predicted octanol–water partition coefficient (Wildman–Crippen LogP) is 7.07. The van der Waals surface area contributed by atoms with Crippen molar-refractivity contribution >= 4 is 8.07 Å². The molecular formula is C26H35F3N4O2Si. The molecule has 0 aliphatic carbocycles. The van der Waals surface area contributed by atoms with Crippen molar-refractivity contribution in [2.75, 3.05) is 13.2 Å². The quantitative estimate of drug-likeness (QED) is 0.223. The van der Waals surface area contributed by atoms with Crippen LogP contribution >= 0.6 is 0 Å². The van der Waals surface area contributed by atoms with Gasteiger partial charge in [-0.05, 0) is 29.5 Å². The molecular weight excluding hydrogens is 485 g/mol. The highest BCUT2D eigenvalue weighted by Crippen LogP contribution is 2.31. The van der Waals surface area contributed by atoms with E-state index in [0.717, 1.165) is 22.7 Å². The van der Waals surface area contributed by atoms with Crippen LogP contribution in [0, 0.1) is 12.3 Å². The normalized spacial score (nSPS) is 12.7. The zero-order valence-corrected chi connectivity index (χ0v) is 23.0. The number of aromatic nitrogens is 4. The van der Waals surface area contributed by atoms with E-state index in [2.05, 4.69) is 55.5 Å².